The molecule has 1 heterocycles. The van der Waals surface area contributed by atoms with Crippen LogP contribution in [0.15, 0.2) is 6.33 Å². The van der Waals surface area contributed by atoms with Crippen molar-refractivity contribution < 1.29 is 0 Å². The summed E-state index contributed by atoms with van der Waals surface area (Å²) >= 11 is 0. The van der Waals surface area contributed by atoms with Gasteiger partial charge in [0.2, 0.25) is 0 Å². The molecule has 0 bridgehead atoms. The Morgan fingerprint density at radius 3 is 2.75 bits per heavy atom. The zero-order valence-corrected chi connectivity index (χ0v) is 10.8. The molecule has 0 aliphatic carbocycles. The molecule has 0 unspecified atom stereocenters. The highest BCUT2D eigenvalue weighted by molar-refractivity contribution is 4.83. The molecular formula is C11H23N5. The van der Waals surface area contributed by atoms with Crippen molar-refractivity contribution in [2.75, 3.05) is 19.6 Å². The van der Waals surface area contributed by atoms with Crippen LogP contribution >= 0.6 is 0 Å². The minimum Gasteiger partial charge on any atom is -0.313 e. The summed E-state index contributed by atoms with van der Waals surface area (Å²) in [5, 5.41) is 7.50. The minimum absolute atomic E-state index is 0.550. The smallest absolute Gasteiger partial charge is 0.140 e. The average Bonchev–Trinajstić information content (AvgIpc) is 2.62. The van der Waals surface area contributed by atoms with Gasteiger partial charge in [-0.25, -0.2) is 4.98 Å². The molecule has 1 aromatic heterocycles. The molecule has 16 heavy (non-hydrogen) atoms. The van der Waals surface area contributed by atoms with E-state index in [0.29, 0.717) is 6.04 Å². The number of nitrogens with one attached hydrogen (secondary N) is 1. The number of aryl methyl sites for hydroxylation is 1. The van der Waals surface area contributed by atoms with Crippen molar-refractivity contribution in [3.05, 3.63) is 12.2 Å². The summed E-state index contributed by atoms with van der Waals surface area (Å²) in [5.41, 5.74) is 0. The number of nitrogens with zero attached hydrogens (tertiary/aromatic N) is 4. The maximum atomic E-state index is 4.24. The Kier molecular flexibility index (Phi) is 5.42. The molecular weight excluding hydrogens is 202 g/mol. The normalized spacial score (nSPS) is 11.6. The Morgan fingerprint density at radius 1 is 1.50 bits per heavy atom. The van der Waals surface area contributed by atoms with Crippen molar-refractivity contribution in [2.45, 2.75) is 33.4 Å². The second kappa shape index (κ2) is 6.60. The molecule has 5 heteroatoms. The highest BCUT2D eigenvalue weighted by atomic mass is 15.3. The molecule has 1 rings (SSSR count). The third-order valence-electron chi connectivity index (χ3n) is 2.60. The Hall–Kier alpha value is -0.940. The van der Waals surface area contributed by atoms with Crippen LogP contribution in [-0.2, 0) is 13.6 Å². The Morgan fingerprint density at radius 2 is 2.25 bits per heavy atom. The van der Waals surface area contributed by atoms with Crippen LogP contribution < -0.4 is 5.32 Å². The van der Waals surface area contributed by atoms with E-state index in [4.69, 9.17) is 0 Å². The van der Waals surface area contributed by atoms with Gasteiger partial charge in [0.25, 0.3) is 0 Å². The topological polar surface area (TPSA) is 46.0 Å². The molecule has 92 valence electrons. The van der Waals surface area contributed by atoms with Gasteiger partial charge in [0.1, 0.15) is 12.2 Å². The second-order valence-electron chi connectivity index (χ2n) is 4.28. The SMILES string of the molecule is CCN(CCNC(C)C)Cc1ncnn1C. The molecule has 0 saturated carbocycles. The fourth-order valence-corrected chi connectivity index (χ4v) is 1.52. The lowest BCUT2D eigenvalue weighted by Gasteiger charge is -2.20. The van der Waals surface area contributed by atoms with Crippen LogP contribution in [-0.4, -0.2) is 45.3 Å². The van der Waals surface area contributed by atoms with E-state index in [2.05, 4.69) is 41.1 Å². The maximum absolute atomic E-state index is 4.24. The van der Waals surface area contributed by atoms with Crippen molar-refractivity contribution in [3.63, 3.8) is 0 Å². The van der Waals surface area contributed by atoms with E-state index in [0.717, 1.165) is 32.0 Å². The molecule has 0 aromatic carbocycles. The molecule has 0 fully saturated rings. The fraction of sp³-hybridized carbons (Fsp3) is 0.818. The monoisotopic (exact) mass is 225 g/mol. The van der Waals surface area contributed by atoms with Crippen molar-refractivity contribution in [1.82, 2.24) is 25.0 Å². The lowest BCUT2D eigenvalue weighted by atomic mass is 10.3. The van der Waals surface area contributed by atoms with Gasteiger partial charge in [-0.2, -0.15) is 5.10 Å². The van der Waals surface area contributed by atoms with Crippen LogP contribution in [0.25, 0.3) is 0 Å². The summed E-state index contributed by atoms with van der Waals surface area (Å²) in [6.45, 7) is 10.5. The van der Waals surface area contributed by atoms with Gasteiger partial charge >= 0.3 is 0 Å². The summed E-state index contributed by atoms with van der Waals surface area (Å²) < 4.78 is 1.83. The number of likely N-dealkylation sites (N-methyl/N-ethyl adjacent to an activating group) is 1. The minimum atomic E-state index is 0.550. The number of rotatable bonds is 7. The van der Waals surface area contributed by atoms with Crippen LogP contribution in [0.4, 0.5) is 0 Å². The van der Waals surface area contributed by atoms with E-state index in [1.807, 2.05) is 11.7 Å². The van der Waals surface area contributed by atoms with Gasteiger partial charge in [-0.05, 0) is 6.54 Å². The summed E-state index contributed by atoms with van der Waals surface area (Å²) in [6.07, 6.45) is 1.61. The number of hydrogen-bond acceptors (Lipinski definition) is 4. The quantitative estimate of drug-likeness (QED) is 0.739. The zero-order valence-electron chi connectivity index (χ0n) is 10.8. The van der Waals surface area contributed by atoms with E-state index in [-0.39, 0.29) is 0 Å². The first-order valence-corrected chi connectivity index (χ1v) is 5.92. The van der Waals surface area contributed by atoms with Crippen molar-refractivity contribution in [2.24, 2.45) is 7.05 Å². The average molecular weight is 225 g/mol. The van der Waals surface area contributed by atoms with Gasteiger partial charge in [0.05, 0.1) is 6.54 Å². The summed E-state index contributed by atoms with van der Waals surface area (Å²) in [7, 11) is 1.93. The largest absolute Gasteiger partial charge is 0.313 e. The van der Waals surface area contributed by atoms with Crippen LogP contribution in [0, 0.1) is 0 Å². The van der Waals surface area contributed by atoms with Crippen LogP contribution in [0.3, 0.4) is 0 Å². The van der Waals surface area contributed by atoms with Crippen LogP contribution in [0.1, 0.15) is 26.6 Å². The van der Waals surface area contributed by atoms with E-state index in [9.17, 15) is 0 Å². The fourth-order valence-electron chi connectivity index (χ4n) is 1.52. The first-order chi connectivity index (χ1) is 7.63. The Balaban J connectivity index is 2.35. The first-order valence-electron chi connectivity index (χ1n) is 5.92. The van der Waals surface area contributed by atoms with Crippen molar-refractivity contribution in [1.29, 1.82) is 0 Å². The molecule has 0 atom stereocenters. The van der Waals surface area contributed by atoms with E-state index >= 15 is 0 Å². The van der Waals surface area contributed by atoms with Gasteiger partial charge in [-0.15, -0.1) is 0 Å². The molecule has 1 N–H and O–H groups in total. The lowest BCUT2D eigenvalue weighted by Crippen LogP contribution is -2.35. The van der Waals surface area contributed by atoms with Gasteiger partial charge in [0.15, 0.2) is 0 Å². The molecule has 0 aliphatic rings. The molecule has 0 spiro atoms. The van der Waals surface area contributed by atoms with E-state index in [1.165, 1.54) is 0 Å². The van der Waals surface area contributed by atoms with E-state index in [1.54, 1.807) is 6.33 Å². The molecule has 1 aromatic rings. The van der Waals surface area contributed by atoms with Gasteiger partial charge in [-0.1, -0.05) is 20.8 Å². The standard InChI is InChI=1S/C11H23N5/c1-5-16(7-6-12-10(2)3)8-11-13-9-14-15(11)4/h9-10,12H,5-8H2,1-4H3. The summed E-state index contributed by atoms with van der Waals surface area (Å²) in [6, 6.07) is 0.550. The van der Waals surface area contributed by atoms with Crippen LogP contribution in [0.5, 0.6) is 0 Å². The Bertz CT molecular complexity index is 294. The predicted molar refractivity (Wildman–Crippen MR) is 65.1 cm³/mol. The maximum Gasteiger partial charge on any atom is 0.140 e. The summed E-state index contributed by atoms with van der Waals surface area (Å²) in [4.78, 5) is 6.60. The highest BCUT2D eigenvalue weighted by Crippen LogP contribution is 1.98. The van der Waals surface area contributed by atoms with Gasteiger partial charge < -0.3 is 5.32 Å². The second-order valence-corrected chi connectivity index (χ2v) is 4.28. The molecule has 0 radical (unpaired) electrons. The zero-order chi connectivity index (χ0) is 12.0. The predicted octanol–water partition coefficient (Wildman–Crippen LogP) is 0.635. The lowest BCUT2D eigenvalue weighted by molar-refractivity contribution is 0.266. The van der Waals surface area contributed by atoms with E-state index < -0.39 is 0 Å². The number of aromatic nitrogens is 3. The highest BCUT2D eigenvalue weighted by Gasteiger charge is 2.07. The van der Waals surface area contributed by atoms with Crippen LogP contribution in [0.2, 0.25) is 0 Å². The third-order valence-corrected chi connectivity index (χ3v) is 2.60. The van der Waals surface area contributed by atoms with Crippen molar-refractivity contribution >= 4 is 0 Å². The molecule has 0 saturated heterocycles. The van der Waals surface area contributed by atoms with Crippen molar-refractivity contribution in [3.8, 4) is 0 Å². The third kappa shape index (κ3) is 4.28. The van der Waals surface area contributed by atoms with Gasteiger partial charge in [-0.3, -0.25) is 9.58 Å². The summed E-state index contributed by atoms with van der Waals surface area (Å²) in [5.74, 6) is 1.02. The number of hydrogen-bond donors (Lipinski definition) is 1. The van der Waals surface area contributed by atoms with Gasteiger partial charge in [0, 0.05) is 26.2 Å². The first kappa shape index (κ1) is 13.1. The molecule has 0 amide bonds. The Labute approximate surface area is 97.9 Å². The molecule has 0 aliphatic heterocycles. The molecule has 5 nitrogen and oxygen atoms in total.